The van der Waals surface area contributed by atoms with E-state index < -0.39 is 5.82 Å². The number of aromatic nitrogens is 3. The van der Waals surface area contributed by atoms with Crippen molar-refractivity contribution in [3.8, 4) is 5.69 Å². The number of pyridine rings is 1. The molecule has 2 aromatic heterocycles. The van der Waals surface area contributed by atoms with Crippen LogP contribution >= 0.6 is 0 Å². The van der Waals surface area contributed by atoms with Crippen LogP contribution in [0.1, 0.15) is 16.2 Å². The zero-order valence-electron chi connectivity index (χ0n) is 14.7. The maximum atomic E-state index is 13.3. The Balaban J connectivity index is 1.77. The largest absolute Gasteiger partial charge is 0.345 e. The van der Waals surface area contributed by atoms with Gasteiger partial charge in [-0.25, -0.2) is 9.37 Å². The molecule has 1 N–H and O–H groups in total. The average Bonchev–Trinajstić information content (AvgIpc) is 2.74. The van der Waals surface area contributed by atoms with Crippen molar-refractivity contribution in [3.05, 3.63) is 101 Å². The van der Waals surface area contributed by atoms with Crippen molar-refractivity contribution in [2.75, 3.05) is 0 Å². The van der Waals surface area contributed by atoms with E-state index in [9.17, 15) is 14.0 Å². The predicted molar refractivity (Wildman–Crippen MR) is 103 cm³/mol. The highest BCUT2D eigenvalue weighted by Gasteiger charge is 2.14. The van der Waals surface area contributed by atoms with Crippen molar-refractivity contribution in [3.63, 3.8) is 0 Å². The van der Waals surface area contributed by atoms with E-state index in [2.05, 4.69) is 15.3 Å². The van der Waals surface area contributed by atoms with E-state index >= 15 is 0 Å². The fourth-order valence-corrected chi connectivity index (χ4v) is 2.91. The van der Waals surface area contributed by atoms with Crippen LogP contribution < -0.4 is 10.9 Å². The first-order valence-electron chi connectivity index (χ1n) is 8.58. The van der Waals surface area contributed by atoms with Crippen LogP contribution in [0.25, 0.3) is 16.6 Å². The van der Waals surface area contributed by atoms with Crippen molar-refractivity contribution in [2.24, 2.45) is 0 Å². The number of hydrogen-bond acceptors (Lipinski definition) is 4. The molecule has 6 nitrogen and oxygen atoms in total. The summed E-state index contributed by atoms with van der Waals surface area (Å²) in [5, 5.41) is 3.19. The summed E-state index contributed by atoms with van der Waals surface area (Å²) in [5.74, 6) is -0.398. The van der Waals surface area contributed by atoms with Crippen LogP contribution in [0, 0.1) is 5.82 Å². The van der Waals surface area contributed by atoms with Crippen LogP contribution in [-0.2, 0) is 6.54 Å². The molecule has 0 aliphatic heterocycles. The van der Waals surface area contributed by atoms with Crippen LogP contribution in [0.3, 0.4) is 0 Å². The highest BCUT2D eigenvalue weighted by molar-refractivity contribution is 5.93. The molecule has 2 aromatic carbocycles. The SMILES string of the molecule is O=C(NCc1nc2ccccc2c(=O)n1-c1ccc(F)cc1)c1cccnc1. The lowest BCUT2D eigenvalue weighted by molar-refractivity contribution is 0.0949. The van der Waals surface area contributed by atoms with Gasteiger partial charge in [0.25, 0.3) is 11.5 Å². The van der Waals surface area contributed by atoms with E-state index in [4.69, 9.17) is 0 Å². The van der Waals surface area contributed by atoms with Crippen molar-refractivity contribution < 1.29 is 9.18 Å². The van der Waals surface area contributed by atoms with Gasteiger partial charge < -0.3 is 5.32 Å². The quantitative estimate of drug-likeness (QED) is 0.596. The molecule has 4 rings (SSSR count). The Morgan fingerprint density at radius 3 is 2.57 bits per heavy atom. The average molecular weight is 374 g/mol. The van der Waals surface area contributed by atoms with E-state index in [0.717, 1.165) is 0 Å². The third kappa shape index (κ3) is 3.37. The van der Waals surface area contributed by atoms with E-state index in [-0.39, 0.29) is 18.0 Å². The molecule has 0 bridgehead atoms. The maximum Gasteiger partial charge on any atom is 0.266 e. The molecule has 138 valence electrons. The second kappa shape index (κ2) is 7.40. The number of fused-ring (bicyclic) bond motifs is 1. The first-order chi connectivity index (χ1) is 13.6. The van der Waals surface area contributed by atoms with Gasteiger partial charge in [-0.15, -0.1) is 0 Å². The van der Waals surface area contributed by atoms with E-state index in [0.29, 0.717) is 28.0 Å². The number of carbonyl (C=O) groups is 1. The molecular formula is C21H15FN4O2. The second-order valence-electron chi connectivity index (χ2n) is 6.09. The Morgan fingerprint density at radius 1 is 1.04 bits per heavy atom. The number of nitrogens with one attached hydrogen (secondary N) is 1. The van der Waals surface area contributed by atoms with Crippen LogP contribution in [0.15, 0.2) is 77.9 Å². The van der Waals surface area contributed by atoms with Crippen LogP contribution in [0.4, 0.5) is 4.39 Å². The molecule has 0 aliphatic rings. The number of hydrogen-bond donors (Lipinski definition) is 1. The number of nitrogens with zero attached hydrogens (tertiary/aromatic N) is 3. The fraction of sp³-hybridized carbons (Fsp3) is 0.0476. The third-order valence-corrected chi connectivity index (χ3v) is 4.26. The van der Waals surface area contributed by atoms with Gasteiger partial charge in [-0.3, -0.25) is 19.1 Å². The van der Waals surface area contributed by atoms with Crippen molar-refractivity contribution in [2.45, 2.75) is 6.54 Å². The predicted octanol–water partition coefficient (Wildman–Crippen LogP) is 2.85. The van der Waals surface area contributed by atoms with Gasteiger partial charge in [-0.1, -0.05) is 12.1 Å². The molecule has 0 spiro atoms. The number of carbonyl (C=O) groups excluding carboxylic acids is 1. The highest BCUT2D eigenvalue weighted by Crippen LogP contribution is 2.14. The molecule has 7 heteroatoms. The minimum Gasteiger partial charge on any atom is -0.345 e. The summed E-state index contributed by atoms with van der Waals surface area (Å²) in [4.78, 5) is 33.9. The van der Waals surface area contributed by atoms with Crippen LogP contribution in [-0.4, -0.2) is 20.4 Å². The molecule has 2 heterocycles. The topological polar surface area (TPSA) is 76.9 Å². The van der Waals surface area contributed by atoms with Gasteiger partial charge in [-0.2, -0.15) is 0 Å². The first-order valence-corrected chi connectivity index (χ1v) is 8.58. The minimum atomic E-state index is -0.406. The lowest BCUT2D eigenvalue weighted by Crippen LogP contribution is -2.30. The molecule has 0 aliphatic carbocycles. The maximum absolute atomic E-state index is 13.3. The van der Waals surface area contributed by atoms with Gasteiger partial charge in [0, 0.05) is 12.4 Å². The summed E-state index contributed by atoms with van der Waals surface area (Å²) in [6.07, 6.45) is 3.03. The highest BCUT2D eigenvalue weighted by atomic mass is 19.1. The summed E-state index contributed by atoms with van der Waals surface area (Å²) in [6, 6.07) is 15.8. The summed E-state index contributed by atoms with van der Waals surface area (Å²) in [5.41, 5.74) is 1.11. The lowest BCUT2D eigenvalue weighted by Gasteiger charge is -2.14. The van der Waals surface area contributed by atoms with Crippen molar-refractivity contribution in [1.29, 1.82) is 0 Å². The monoisotopic (exact) mass is 374 g/mol. The Morgan fingerprint density at radius 2 is 1.82 bits per heavy atom. The van der Waals surface area contributed by atoms with Crippen molar-refractivity contribution in [1.82, 2.24) is 19.9 Å². The first kappa shape index (κ1) is 17.5. The van der Waals surface area contributed by atoms with Gasteiger partial charge in [0.05, 0.1) is 28.7 Å². The molecule has 28 heavy (non-hydrogen) atoms. The summed E-state index contributed by atoms with van der Waals surface area (Å²) in [7, 11) is 0. The molecule has 1 amide bonds. The van der Waals surface area contributed by atoms with Gasteiger partial charge in [0.1, 0.15) is 11.6 Å². The normalized spacial score (nSPS) is 10.8. The zero-order chi connectivity index (χ0) is 19.5. The number of rotatable bonds is 4. The number of amides is 1. The second-order valence-corrected chi connectivity index (χ2v) is 6.09. The standard InChI is InChI=1S/C21H15FN4O2/c22-15-7-9-16(10-8-15)26-19(13-24-20(27)14-4-3-11-23-12-14)25-18-6-2-1-5-17(18)21(26)28/h1-12H,13H2,(H,24,27). The molecule has 0 atom stereocenters. The molecule has 0 saturated carbocycles. The number of para-hydroxylation sites is 1. The van der Waals surface area contributed by atoms with Gasteiger partial charge in [0.15, 0.2) is 0 Å². The molecular weight excluding hydrogens is 359 g/mol. The van der Waals surface area contributed by atoms with Gasteiger partial charge >= 0.3 is 0 Å². The van der Waals surface area contributed by atoms with Crippen LogP contribution in [0.5, 0.6) is 0 Å². The minimum absolute atomic E-state index is 0.0190. The molecule has 0 saturated heterocycles. The number of halogens is 1. The fourth-order valence-electron chi connectivity index (χ4n) is 2.91. The molecule has 0 unspecified atom stereocenters. The van der Waals surface area contributed by atoms with Gasteiger partial charge in [-0.05, 0) is 48.5 Å². The van der Waals surface area contributed by atoms with Crippen molar-refractivity contribution >= 4 is 16.8 Å². The third-order valence-electron chi connectivity index (χ3n) is 4.26. The Bertz CT molecular complexity index is 1200. The van der Waals surface area contributed by atoms with Gasteiger partial charge in [0.2, 0.25) is 0 Å². The molecule has 0 fully saturated rings. The molecule has 0 radical (unpaired) electrons. The number of benzene rings is 2. The Hall–Kier alpha value is -3.87. The summed E-state index contributed by atoms with van der Waals surface area (Å²) >= 11 is 0. The van der Waals surface area contributed by atoms with E-state index in [1.165, 1.54) is 35.0 Å². The smallest absolute Gasteiger partial charge is 0.266 e. The summed E-state index contributed by atoms with van der Waals surface area (Å²) in [6.45, 7) is 0.0190. The van der Waals surface area contributed by atoms with Crippen LogP contribution in [0.2, 0.25) is 0 Å². The van der Waals surface area contributed by atoms with E-state index in [1.807, 2.05) is 0 Å². The van der Waals surface area contributed by atoms with E-state index in [1.54, 1.807) is 42.6 Å². The zero-order valence-corrected chi connectivity index (χ0v) is 14.7. The lowest BCUT2D eigenvalue weighted by atomic mass is 10.2. The Labute approximate surface area is 159 Å². The summed E-state index contributed by atoms with van der Waals surface area (Å²) < 4.78 is 14.7. The molecule has 4 aromatic rings. The Kier molecular flexibility index (Phi) is 4.63.